The van der Waals surface area contributed by atoms with E-state index in [1.807, 2.05) is 30.4 Å². The summed E-state index contributed by atoms with van der Waals surface area (Å²) in [6.45, 7) is 7.68. The Morgan fingerprint density at radius 3 is 2.53 bits per heavy atom. The molecule has 104 valence electrons. The lowest BCUT2D eigenvalue weighted by molar-refractivity contribution is 0.221. The normalized spacial score (nSPS) is 13.2. The van der Waals surface area contributed by atoms with E-state index in [2.05, 4.69) is 31.9 Å². The minimum Gasteiger partial charge on any atom is -0.465 e. The summed E-state index contributed by atoms with van der Waals surface area (Å²) >= 11 is 1.84. The first kappa shape index (κ1) is 14.3. The first-order chi connectivity index (χ1) is 9.01. The van der Waals surface area contributed by atoms with Crippen LogP contribution >= 0.6 is 11.3 Å². The number of thiophene rings is 1. The third-order valence-corrected chi connectivity index (χ3v) is 4.38. The van der Waals surface area contributed by atoms with Gasteiger partial charge in [-0.3, -0.25) is 4.90 Å². The van der Waals surface area contributed by atoms with Gasteiger partial charge in [-0.1, -0.05) is 0 Å². The molecule has 1 unspecified atom stereocenters. The summed E-state index contributed by atoms with van der Waals surface area (Å²) in [6.07, 6.45) is 0. The molecule has 2 heterocycles. The minimum absolute atomic E-state index is 0.246. The molecule has 0 radical (unpaired) electrons. The molecule has 0 aliphatic carbocycles. The molecule has 0 aliphatic heterocycles. The van der Waals surface area contributed by atoms with Crippen molar-refractivity contribution in [3.05, 3.63) is 45.0 Å². The van der Waals surface area contributed by atoms with Gasteiger partial charge in [0.05, 0.1) is 6.54 Å². The van der Waals surface area contributed by atoms with Crippen molar-refractivity contribution in [3.8, 4) is 0 Å². The van der Waals surface area contributed by atoms with Crippen molar-refractivity contribution in [1.29, 1.82) is 0 Å². The van der Waals surface area contributed by atoms with Crippen LogP contribution in [-0.4, -0.2) is 18.5 Å². The van der Waals surface area contributed by atoms with E-state index in [-0.39, 0.29) is 6.04 Å². The van der Waals surface area contributed by atoms with Crippen LogP contribution in [0.25, 0.3) is 0 Å². The van der Waals surface area contributed by atoms with Crippen LogP contribution in [0.3, 0.4) is 0 Å². The van der Waals surface area contributed by atoms with Gasteiger partial charge in [0, 0.05) is 22.3 Å². The lowest BCUT2D eigenvalue weighted by Crippen LogP contribution is -2.30. The molecule has 2 rings (SSSR count). The molecule has 19 heavy (non-hydrogen) atoms. The summed E-state index contributed by atoms with van der Waals surface area (Å²) in [4.78, 5) is 4.95. The average Bonchev–Trinajstić information content (AvgIpc) is 2.87. The van der Waals surface area contributed by atoms with Crippen molar-refractivity contribution >= 4 is 11.3 Å². The first-order valence-electron chi connectivity index (χ1n) is 6.53. The zero-order valence-corrected chi connectivity index (χ0v) is 12.9. The molecule has 0 aliphatic rings. The molecule has 0 fully saturated rings. The van der Waals surface area contributed by atoms with Gasteiger partial charge in [-0.25, -0.2) is 0 Å². The monoisotopic (exact) mass is 278 g/mol. The van der Waals surface area contributed by atoms with Gasteiger partial charge >= 0.3 is 0 Å². The Kier molecular flexibility index (Phi) is 4.45. The van der Waals surface area contributed by atoms with E-state index in [1.165, 1.54) is 15.3 Å². The third-order valence-electron chi connectivity index (χ3n) is 3.39. The van der Waals surface area contributed by atoms with Crippen molar-refractivity contribution in [1.82, 2.24) is 4.90 Å². The van der Waals surface area contributed by atoms with Crippen molar-refractivity contribution < 1.29 is 4.42 Å². The molecule has 0 spiro atoms. The number of furan rings is 1. The maximum Gasteiger partial charge on any atom is 0.118 e. The van der Waals surface area contributed by atoms with Gasteiger partial charge in [0.2, 0.25) is 0 Å². The summed E-state index contributed by atoms with van der Waals surface area (Å²) in [7, 11) is 2.10. The fraction of sp³-hybridized carbons (Fsp3) is 0.467. The zero-order chi connectivity index (χ0) is 14.0. The Morgan fingerprint density at radius 1 is 1.32 bits per heavy atom. The van der Waals surface area contributed by atoms with Gasteiger partial charge in [0.1, 0.15) is 11.5 Å². The van der Waals surface area contributed by atoms with E-state index in [4.69, 9.17) is 10.2 Å². The number of aryl methyl sites for hydroxylation is 3. The maximum absolute atomic E-state index is 5.98. The number of hydrogen-bond acceptors (Lipinski definition) is 4. The first-order valence-corrected chi connectivity index (χ1v) is 7.35. The highest BCUT2D eigenvalue weighted by Gasteiger charge is 2.20. The summed E-state index contributed by atoms with van der Waals surface area (Å²) in [5.41, 5.74) is 7.32. The predicted octanol–water partition coefficient (Wildman–Crippen LogP) is 3.40. The van der Waals surface area contributed by atoms with Crippen molar-refractivity contribution in [3.63, 3.8) is 0 Å². The van der Waals surface area contributed by atoms with Crippen LogP contribution in [0.15, 0.2) is 22.6 Å². The molecule has 0 saturated carbocycles. The average molecular weight is 278 g/mol. The van der Waals surface area contributed by atoms with Crippen molar-refractivity contribution in [2.45, 2.75) is 33.4 Å². The van der Waals surface area contributed by atoms with E-state index >= 15 is 0 Å². The van der Waals surface area contributed by atoms with E-state index in [9.17, 15) is 0 Å². The van der Waals surface area contributed by atoms with Gasteiger partial charge in [-0.05, 0) is 51.6 Å². The Hall–Kier alpha value is -1.10. The van der Waals surface area contributed by atoms with E-state index < -0.39 is 0 Å². The second-order valence-electron chi connectivity index (χ2n) is 5.05. The number of rotatable bonds is 5. The minimum atomic E-state index is 0.246. The molecule has 3 nitrogen and oxygen atoms in total. The Bertz CT molecular complexity index is 544. The largest absolute Gasteiger partial charge is 0.465 e. The molecule has 2 N–H and O–H groups in total. The van der Waals surface area contributed by atoms with Crippen molar-refractivity contribution in [2.75, 3.05) is 13.6 Å². The third kappa shape index (κ3) is 3.26. The smallest absolute Gasteiger partial charge is 0.118 e. The lowest BCUT2D eigenvalue weighted by atomic mass is 10.1. The van der Waals surface area contributed by atoms with Gasteiger partial charge in [-0.2, -0.15) is 0 Å². The maximum atomic E-state index is 5.98. The van der Waals surface area contributed by atoms with Crippen LogP contribution in [0, 0.1) is 20.8 Å². The summed E-state index contributed by atoms with van der Waals surface area (Å²) in [5.74, 6) is 1.94. The summed E-state index contributed by atoms with van der Waals surface area (Å²) < 4.78 is 5.64. The van der Waals surface area contributed by atoms with E-state index in [1.54, 1.807) is 0 Å². The molecular formula is C15H22N2OS. The number of nitrogens with two attached hydrogens (primary N) is 1. The van der Waals surface area contributed by atoms with Crippen LogP contribution in [0.4, 0.5) is 0 Å². The molecule has 0 aromatic carbocycles. The Balaban J connectivity index is 2.15. The van der Waals surface area contributed by atoms with Crippen LogP contribution in [0.2, 0.25) is 0 Å². The topological polar surface area (TPSA) is 42.4 Å². The highest BCUT2D eigenvalue weighted by atomic mass is 32.1. The highest BCUT2D eigenvalue weighted by Crippen LogP contribution is 2.29. The molecular weight excluding hydrogens is 256 g/mol. The second kappa shape index (κ2) is 5.90. The van der Waals surface area contributed by atoms with Gasteiger partial charge in [-0.15, -0.1) is 11.3 Å². The van der Waals surface area contributed by atoms with Gasteiger partial charge in [0.15, 0.2) is 0 Å². The molecule has 2 aromatic rings. The molecule has 0 amide bonds. The molecule has 0 bridgehead atoms. The van der Waals surface area contributed by atoms with Crippen LogP contribution < -0.4 is 5.73 Å². The summed E-state index contributed by atoms with van der Waals surface area (Å²) in [6, 6.07) is 6.53. The van der Waals surface area contributed by atoms with E-state index in [0.29, 0.717) is 6.54 Å². The van der Waals surface area contributed by atoms with E-state index in [0.717, 1.165) is 18.1 Å². The number of hydrogen-bond donors (Lipinski definition) is 1. The van der Waals surface area contributed by atoms with Crippen LogP contribution in [-0.2, 0) is 6.54 Å². The lowest BCUT2D eigenvalue weighted by Gasteiger charge is -2.26. The second-order valence-corrected chi connectivity index (χ2v) is 6.51. The fourth-order valence-corrected chi connectivity index (χ4v) is 3.43. The van der Waals surface area contributed by atoms with Crippen LogP contribution in [0.5, 0.6) is 0 Å². The standard InChI is InChI=1S/C15H22N2OS/c1-10-5-6-13(18-10)9-17(4)15(8-16)14-7-11(2)19-12(14)3/h5-7,15H,8-9,16H2,1-4H3. The predicted molar refractivity (Wildman–Crippen MR) is 80.5 cm³/mol. The highest BCUT2D eigenvalue weighted by molar-refractivity contribution is 7.12. The number of likely N-dealkylation sites (N-methyl/N-ethyl adjacent to an activating group) is 1. The zero-order valence-electron chi connectivity index (χ0n) is 12.1. The quantitative estimate of drug-likeness (QED) is 0.911. The summed E-state index contributed by atoms with van der Waals surface area (Å²) in [5, 5.41) is 0. The van der Waals surface area contributed by atoms with Gasteiger partial charge < -0.3 is 10.2 Å². The molecule has 1 atom stereocenters. The Labute approximate surface area is 119 Å². The molecule has 0 saturated heterocycles. The van der Waals surface area contributed by atoms with Crippen molar-refractivity contribution in [2.24, 2.45) is 5.73 Å². The molecule has 4 heteroatoms. The van der Waals surface area contributed by atoms with Crippen LogP contribution in [0.1, 0.15) is 32.9 Å². The molecule has 2 aromatic heterocycles. The fourth-order valence-electron chi connectivity index (χ4n) is 2.45. The van der Waals surface area contributed by atoms with Gasteiger partial charge in [0.25, 0.3) is 0 Å². The Morgan fingerprint density at radius 2 is 2.05 bits per heavy atom. The SMILES string of the molecule is Cc1ccc(CN(C)C(CN)c2cc(C)sc2C)o1. The number of nitrogens with zero attached hydrogens (tertiary/aromatic N) is 1.